The topological polar surface area (TPSA) is 102 Å². The van der Waals surface area contributed by atoms with Crippen molar-refractivity contribution < 1.29 is 33.4 Å². The molecular weight excluding hydrogens is 520 g/mol. The van der Waals surface area contributed by atoms with Gasteiger partial charge in [-0.15, -0.1) is 0 Å². The number of carboxylic acids is 1. The number of carboxylic acid groups (broad SMARTS) is 1. The van der Waals surface area contributed by atoms with Crippen LogP contribution in [-0.4, -0.2) is 58.7 Å². The highest BCUT2D eigenvalue weighted by Crippen LogP contribution is 2.45. The fraction of sp³-hybridized carbons (Fsp3) is 0.364. The Balaban J connectivity index is 1.47. The maximum Gasteiger partial charge on any atom is 0.518 e. The van der Waals surface area contributed by atoms with Crippen LogP contribution in [0.3, 0.4) is 0 Å². The van der Waals surface area contributed by atoms with E-state index < -0.39 is 40.4 Å². The molecule has 1 fully saturated rings. The van der Waals surface area contributed by atoms with Crippen molar-refractivity contribution in [1.82, 2.24) is 5.32 Å². The number of quaternary nitrogens is 1. The van der Waals surface area contributed by atoms with Crippen LogP contribution in [0, 0.1) is 0 Å². The molecule has 3 aromatic carbocycles. The van der Waals surface area contributed by atoms with E-state index in [1.807, 2.05) is 66.7 Å². The lowest BCUT2D eigenvalue weighted by atomic mass is 9.98. The van der Waals surface area contributed by atoms with E-state index in [9.17, 15) is 19.5 Å². The minimum atomic E-state index is -1.17. The highest BCUT2D eigenvalue weighted by atomic mass is 16.6. The lowest BCUT2D eigenvalue weighted by Gasteiger charge is -2.40. The van der Waals surface area contributed by atoms with Crippen LogP contribution in [0.4, 0.5) is 9.59 Å². The van der Waals surface area contributed by atoms with Crippen LogP contribution >= 0.6 is 0 Å². The third kappa shape index (κ3) is 5.70. The average molecular weight is 558 g/mol. The van der Waals surface area contributed by atoms with Gasteiger partial charge in [0.15, 0.2) is 6.17 Å². The molecule has 3 atom stereocenters. The standard InChI is InChI=1S/C33H36N2O6/c1-33(2,3)41-31(38)34-29-18-11-19-35(29,28(30(36)37)20-22-12-5-4-6-13-22)32(39)40-21-27-25-16-9-7-14-23(25)24-15-8-10-17-26(24)27/h4-10,12-17,27-29H,11,18-21H2,1-3H3,(H-,34,36,37,38)/p+1/t28?,29-,35?/m0/s1. The van der Waals surface area contributed by atoms with Crippen LogP contribution in [0.25, 0.3) is 11.1 Å². The normalized spacial score (nSPS) is 20.5. The summed E-state index contributed by atoms with van der Waals surface area (Å²) < 4.78 is 11.0. The number of fused-ring (bicyclic) bond motifs is 3. The van der Waals surface area contributed by atoms with Gasteiger partial charge in [-0.1, -0.05) is 78.9 Å². The molecule has 0 spiro atoms. The number of likely N-dealkylation sites (tertiary alicyclic amines) is 1. The summed E-state index contributed by atoms with van der Waals surface area (Å²) in [6.45, 7) is 5.55. The Bertz CT molecular complexity index is 1390. The lowest BCUT2D eigenvalue weighted by Crippen LogP contribution is -2.69. The molecule has 1 saturated heterocycles. The Morgan fingerprint density at radius 3 is 2.10 bits per heavy atom. The molecule has 214 valence electrons. The number of rotatable bonds is 7. The summed E-state index contributed by atoms with van der Waals surface area (Å²) in [6.07, 6.45) is -1.10. The SMILES string of the molecule is CC(C)(C)OC(=O)N[C@@H]1CCC[N+]1(C(=O)OCC1c2ccccc2-c2ccccc21)C(Cc1ccccc1)C(=O)O. The summed E-state index contributed by atoms with van der Waals surface area (Å²) in [5.74, 6) is -1.30. The third-order valence-electron chi connectivity index (χ3n) is 8.03. The molecule has 8 heteroatoms. The van der Waals surface area contributed by atoms with Gasteiger partial charge in [-0.3, -0.25) is 5.32 Å². The number of hydrogen-bond acceptors (Lipinski definition) is 5. The molecular formula is C33H37N2O6+. The van der Waals surface area contributed by atoms with Crippen molar-refractivity contribution in [1.29, 1.82) is 0 Å². The highest BCUT2D eigenvalue weighted by Gasteiger charge is 2.59. The Labute approximate surface area is 240 Å². The second-order valence-corrected chi connectivity index (χ2v) is 11.8. The number of amides is 2. The van der Waals surface area contributed by atoms with Crippen LogP contribution in [0.1, 0.15) is 56.2 Å². The predicted molar refractivity (Wildman–Crippen MR) is 154 cm³/mol. The molecule has 0 bridgehead atoms. The number of aliphatic carboxylic acids is 1. The molecule has 3 aromatic rings. The van der Waals surface area contributed by atoms with Crippen molar-refractivity contribution in [2.45, 2.75) is 63.8 Å². The lowest BCUT2D eigenvalue weighted by molar-refractivity contribution is -0.888. The Kier molecular flexibility index (Phi) is 7.87. The number of nitrogens with zero attached hydrogens (tertiary/aromatic N) is 1. The van der Waals surface area contributed by atoms with E-state index in [2.05, 4.69) is 17.4 Å². The Morgan fingerprint density at radius 1 is 0.927 bits per heavy atom. The second kappa shape index (κ2) is 11.4. The van der Waals surface area contributed by atoms with Crippen LogP contribution < -0.4 is 5.32 Å². The minimum Gasteiger partial charge on any atom is -0.477 e. The molecule has 8 nitrogen and oxygen atoms in total. The van der Waals surface area contributed by atoms with E-state index in [4.69, 9.17) is 9.47 Å². The quantitative estimate of drug-likeness (QED) is 0.341. The van der Waals surface area contributed by atoms with Gasteiger partial charge in [0.25, 0.3) is 0 Å². The number of hydrogen-bond donors (Lipinski definition) is 2. The second-order valence-electron chi connectivity index (χ2n) is 11.8. The van der Waals surface area contributed by atoms with Crippen molar-refractivity contribution in [2.24, 2.45) is 0 Å². The van der Waals surface area contributed by atoms with Crippen molar-refractivity contribution in [3.05, 3.63) is 95.6 Å². The molecule has 1 aliphatic heterocycles. The van der Waals surface area contributed by atoms with E-state index in [-0.39, 0.29) is 25.5 Å². The fourth-order valence-corrected chi connectivity index (χ4v) is 6.28. The summed E-state index contributed by atoms with van der Waals surface area (Å²) in [7, 11) is 0. The molecule has 0 aromatic heterocycles. The minimum absolute atomic E-state index is 0.0592. The van der Waals surface area contributed by atoms with Gasteiger partial charge >= 0.3 is 18.2 Å². The number of alkyl carbamates (subject to hydrolysis) is 1. The first-order valence-corrected chi connectivity index (χ1v) is 14.1. The van der Waals surface area contributed by atoms with Gasteiger partial charge in [-0.2, -0.15) is 9.28 Å². The summed E-state index contributed by atoms with van der Waals surface area (Å²) in [5, 5.41) is 13.4. The zero-order valence-corrected chi connectivity index (χ0v) is 23.7. The number of carbonyl (C=O) groups is 3. The fourth-order valence-electron chi connectivity index (χ4n) is 6.28. The summed E-state index contributed by atoms with van der Waals surface area (Å²) >= 11 is 0. The average Bonchev–Trinajstić information content (AvgIpc) is 3.49. The third-order valence-corrected chi connectivity index (χ3v) is 8.03. The van der Waals surface area contributed by atoms with Crippen LogP contribution in [-0.2, 0) is 20.7 Å². The first kappa shape index (κ1) is 28.4. The van der Waals surface area contributed by atoms with Gasteiger partial charge in [0.05, 0.1) is 6.54 Å². The number of ether oxygens (including phenoxy) is 2. The summed E-state index contributed by atoms with van der Waals surface area (Å²) in [6, 6.07) is 24.2. The predicted octanol–water partition coefficient (Wildman–Crippen LogP) is 6.09. The number of nitrogens with one attached hydrogen (secondary N) is 1. The van der Waals surface area contributed by atoms with Crippen LogP contribution in [0.15, 0.2) is 78.9 Å². The first-order chi connectivity index (χ1) is 19.6. The molecule has 5 rings (SSSR count). The van der Waals surface area contributed by atoms with Crippen molar-refractivity contribution in [2.75, 3.05) is 13.2 Å². The summed E-state index contributed by atoms with van der Waals surface area (Å²) in [5.41, 5.74) is 4.37. The van der Waals surface area contributed by atoms with Crippen molar-refractivity contribution in [3.63, 3.8) is 0 Å². The molecule has 2 aliphatic rings. The number of carbonyl (C=O) groups excluding carboxylic acids is 2. The smallest absolute Gasteiger partial charge is 0.477 e. The van der Waals surface area contributed by atoms with Crippen LogP contribution in [0.5, 0.6) is 0 Å². The summed E-state index contributed by atoms with van der Waals surface area (Å²) in [4.78, 5) is 40.0. The number of benzene rings is 3. The zero-order chi connectivity index (χ0) is 29.2. The van der Waals surface area contributed by atoms with Gasteiger partial charge in [0.1, 0.15) is 12.2 Å². The Hall–Kier alpha value is -4.17. The van der Waals surface area contributed by atoms with Crippen LogP contribution in [0.2, 0.25) is 0 Å². The maximum absolute atomic E-state index is 14.3. The first-order valence-electron chi connectivity index (χ1n) is 14.1. The van der Waals surface area contributed by atoms with Gasteiger partial charge in [-0.25, -0.2) is 9.59 Å². The maximum atomic E-state index is 14.3. The van der Waals surface area contributed by atoms with Gasteiger partial charge in [0.2, 0.25) is 6.04 Å². The van der Waals surface area contributed by atoms with E-state index in [0.717, 1.165) is 27.8 Å². The van der Waals surface area contributed by atoms with E-state index in [0.29, 0.717) is 12.8 Å². The van der Waals surface area contributed by atoms with Gasteiger partial charge < -0.3 is 14.6 Å². The van der Waals surface area contributed by atoms with Gasteiger partial charge in [-0.05, 0) is 48.6 Å². The molecule has 2 amide bonds. The zero-order valence-electron chi connectivity index (χ0n) is 23.7. The largest absolute Gasteiger partial charge is 0.518 e. The monoisotopic (exact) mass is 557 g/mol. The molecule has 0 radical (unpaired) electrons. The Morgan fingerprint density at radius 2 is 1.51 bits per heavy atom. The molecule has 0 saturated carbocycles. The van der Waals surface area contributed by atoms with E-state index in [1.54, 1.807) is 20.8 Å². The van der Waals surface area contributed by atoms with E-state index >= 15 is 0 Å². The van der Waals surface area contributed by atoms with E-state index in [1.165, 1.54) is 0 Å². The molecule has 1 heterocycles. The highest BCUT2D eigenvalue weighted by molar-refractivity contribution is 5.79. The molecule has 2 N–H and O–H groups in total. The van der Waals surface area contributed by atoms with Crippen molar-refractivity contribution in [3.8, 4) is 11.1 Å². The van der Waals surface area contributed by atoms with Crippen molar-refractivity contribution >= 4 is 18.2 Å². The molecule has 41 heavy (non-hydrogen) atoms. The molecule has 2 unspecified atom stereocenters. The van der Waals surface area contributed by atoms with Gasteiger partial charge in [0, 0.05) is 25.2 Å². The molecule has 1 aliphatic carbocycles.